The summed E-state index contributed by atoms with van der Waals surface area (Å²) in [7, 11) is -9.90. The molecule has 0 aromatic heterocycles. The number of aliphatic hydroxyl groups excluding tert-OH is 1. The number of aliphatic hydroxyl groups is 1. The molecule has 0 saturated heterocycles. The van der Waals surface area contributed by atoms with Gasteiger partial charge in [0.25, 0.3) is 0 Å². The molecule has 0 aliphatic carbocycles. The van der Waals surface area contributed by atoms with Crippen LogP contribution in [0.4, 0.5) is 0 Å². The van der Waals surface area contributed by atoms with Gasteiger partial charge in [-0.2, -0.15) is 0 Å². The Bertz CT molecular complexity index is 1820. The molecule has 558 valence electrons. The number of unbranched alkanes of at least 4 members (excludes halogenated alkanes) is 43. The van der Waals surface area contributed by atoms with E-state index in [-0.39, 0.29) is 25.7 Å². The summed E-state index contributed by atoms with van der Waals surface area (Å²) in [6, 6.07) is 0. The van der Waals surface area contributed by atoms with Crippen LogP contribution in [0, 0.1) is 11.8 Å². The summed E-state index contributed by atoms with van der Waals surface area (Å²) in [4.78, 5) is 72.6. The highest BCUT2D eigenvalue weighted by Crippen LogP contribution is 2.45. The largest absolute Gasteiger partial charge is 0.472 e. The molecule has 17 nitrogen and oxygen atoms in total. The molecule has 0 rings (SSSR count). The number of carbonyl (C=O) groups excluding carboxylic acids is 4. The Balaban J connectivity index is 5.17. The number of hydrogen-bond donors (Lipinski definition) is 3. The number of esters is 4. The van der Waals surface area contributed by atoms with Crippen molar-refractivity contribution >= 4 is 39.5 Å². The molecule has 3 unspecified atom stereocenters. The second-order valence-corrected chi connectivity index (χ2v) is 30.7. The normalized spacial score (nSPS) is 14.3. The molecule has 0 spiro atoms. The molecular weight excluding hydrogens is 1230 g/mol. The van der Waals surface area contributed by atoms with E-state index in [1.165, 1.54) is 193 Å². The minimum absolute atomic E-state index is 0.105. The van der Waals surface area contributed by atoms with Crippen LogP contribution in [0.25, 0.3) is 0 Å². The zero-order valence-electron chi connectivity index (χ0n) is 61.3. The predicted octanol–water partition coefficient (Wildman–Crippen LogP) is 21.9. The van der Waals surface area contributed by atoms with Crippen molar-refractivity contribution in [3.8, 4) is 0 Å². The zero-order valence-corrected chi connectivity index (χ0v) is 63.1. The Hall–Kier alpha value is -1.94. The Morgan fingerprint density at radius 1 is 0.309 bits per heavy atom. The standard InChI is InChI=1S/C75H146O17P2/c1-7-10-12-14-16-17-18-19-20-21-22-23-24-25-26-27-28-35-41-47-53-59-74(79)92-71(64-86-73(78)58-52-46-40-34-30-29-33-39-44-50-56-68(6)9-3)66-90-94(83,84)88-62-69(76)61-87-93(81,82)89-65-70(63-85-72(77)57-51-45-37-15-13-11-8-2)91-75(80)60-54-48-42-36-31-32-38-43-49-55-67(4)5/h67-71,76H,7-66H2,1-6H3,(H,81,82)(H,83,84)/t68?,69-,70+,71+/m0/s1. The van der Waals surface area contributed by atoms with Gasteiger partial charge in [0.15, 0.2) is 12.2 Å². The van der Waals surface area contributed by atoms with Gasteiger partial charge in [-0.05, 0) is 37.5 Å². The minimum atomic E-state index is -4.96. The number of phosphoric acid groups is 2. The lowest BCUT2D eigenvalue weighted by molar-refractivity contribution is -0.161. The highest BCUT2D eigenvalue weighted by atomic mass is 31.2. The molecule has 19 heteroatoms. The van der Waals surface area contributed by atoms with E-state index in [1.807, 2.05) is 0 Å². The van der Waals surface area contributed by atoms with Crippen molar-refractivity contribution in [3.63, 3.8) is 0 Å². The molecule has 0 bridgehead atoms. The van der Waals surface area contributed by atoms with E-state index in [2.05, 4.69) is 41.5 Å². The molecular formula is C75H146O17P2. The predicted molar refractivity (Wildman–Crippen MR) is 381 cm³/mol. The van der Waals surface area contributed by atoms with Crippen LogP contribution in [0.2, 0.25) is 0 Å². The smallest absolute Gasteiger partial charge is 0.462 e. The van der Waals surface area contributed by atoms with E-state index < -0.39 is 97.5 Å². The quantitative estimate of drug-likeness (QED) is 0.0222. The molecule has 0 aliphatic heterocycles. The third-order valence-corrected chi connectivity index (χ3v) is 19.7. The van der Waals surface area contributed by atoms with Crippen LogP contribution < -0.4 is 0 Å². The highest BCUT2D eigenvalue weighted by molar-refractivity contribution is 7.47. The second kappa shape index (κ2) is 66.9. The Morgan fingerprint density at radius 3 is 0.809 bits per heavy atom. The van der Waals surface area contributed by atoms with Gasteiger partial charge in [-0.15, -0.1) is 0 Å². The van der Waals surface area contributed by atoms with Crippen LogP contribution in [0.5, 0.6) is 0 Å². The second-order valence-electron chi connectivity index (χ2n) is 27.8. The van der Waals surface area contributed by atoms with Gasteiger partial charge in [0.1, 0.15) is 19.3 Å². The summed E-state index contributed by atoms with van der Waals surface area (Å²) in [5, 5.41) is 10.6. The number of rotatable bonds is 74. The van der Waals surface area contributed by atoms with Gasteiger partial charge in [-0.25, -0.2) is 9.13 Å². The van der Waals surface area contributed by atoms with Crippen molar-refractivity contribution in [1.82, 2.24) is 0 Å². The van der Waals surface area contributed by atoms with Gasteiger partial charge in [0.2, 0.25) is 0 Å². The van der Waals surface area contributed by atoms with Crippen LogP contribution in [0.3, 0.4) is 0 Å². The maximum Gasteiger partial charge on any atom is 0.472 e. The fourth-order valence-corrected chi connectivity index (χ4v) is 13.0. The lowest BCUT2D eigenvalue weighted by Crippen LogP contribution is -2.30. The fourth-order valence-electron chi connectivity index (χ4n) is 11.4. The molecule has 0 aromatic carbocycles. The summed E-state index contributed by atoms with van der Waals surface area (Å²) < 4.78 is 68.4. The number of hydrogen-bond acceptors (Lipinski definition) is 15. The number of ether oxygens (including phenoxy) is 4. The topological polar surface area (TPSA) is 237 Å². The Kier molecular flexibility index (Phi) is 65.5. The van der Waals surface area contributed by atoms with Crippen molar-refractivity contribution in [2.45, 2.75) is 407 Å². The van der Waals surface area contributed by atoms with E-state index >= 15 is 0 Å². The summed E-state index contributed by atoms with van der Waals surface area (Å²) in [6.07, 6.45) is 54.3. The van der Waals surface area contributed by atoms with Crippen LogP contribution in [0.1, 0.15) is 388 Å². The number of phosphoric ester groups is 2. The van der Waals surface area contributed by atoms with E-state index in [1.54, 1.807) is 0 Å². The van der Waals surface area contributed by atoms with Crippen LogP contribution in [0.15, 0.2) is 0 Å². The third-order valence-electron chi connectivity index (χ3n) is 17.8. The van der Waals surface area contributed by atoms with Gasteiger partial charge in [-0.1, -0.05) is 337 Å². The van der Waals surface area contributed by atoms with Crippen molar-refractivity contribution in [1.29, 1.82) is 0 Å². The first-order valence-electron chi connectivity index (χ1n) is 39.0. The molecule has 3 N–H and O–H groups in total. The summed E-state index contributed by atoms with van der Waals surface area (Å²) in [5.41, 5.74) is 0. The van der Waals surface area contributed by atoms with E-state index in [0.29, 0.717) is 25.7 Å². The van der Waals surface area contributed by atoms with Crippen LogP contribution in [-0.2, 0) is 65.4 Å². The van der Waals surface area contributed by atoms with Crippen molar-refractivity contribution in [3.05, 3.63) is 0 Å². The minimum Gasteiger partial charge on any atom is -0.462 e. The van der Waals surface area contributed by atoms with Crippen molar-refractivity contribution < 1.29 is 80.2 Å². The van der Waals surface area contributed by atoms with Gasteiger partial charge in [-0.3, -0.25) is 37.3 Å². The number of carbonyl (C=O) groups is 4. The molecule has 6 atom stereocenters. The summed E-state index contributed by atoms with van der Waals surface area (Å²) >= 11 is 0. The Morgan fingerprint density at radius 2 is 0.543 bits per heavy atom. The highest BCUT2D eigenvalue weighted by Gasteiger charge is 2.30. The molecule has 0 heterocycles. The molecule has 0 amide bonds. The molecule has 0 fully saturated rings. The van der Waals surface area contributed by atoms with E-state index in [4.69, 9.17) is 37.0 Å². The molecule has 0 aliphatic rings. The monoisotopic (exact) mass is 1380 g/mol. The first-order valence-corrected chi connectivity index (χ1v) is 42.0. The summed E-state index contributed by atoms with van der Waals surface area (Å²) in [5.74, 6) is -0.577. The van der Waals surface area contributed by atoms with E-state index in [9.17, 15) is 43.2 Å². The van der Waals surface area contributed by atoms with Gasteiger partial charge >= 0.3 is 39.5 Å². The lowest BCUT2D eigenvalue weighted by Gasteiger charge is -2.21. The molecule has 0 radical (unpaired) electrons. The van der Waals surface area contributed by atoms with Crippen LogP contribution in [-0.4, -0.2) is 96.7 Å². The third kappa shape index (κ3) is 67.3. The maximum atomic E-state index is 13.1. The summed E-state index contributed by atoms with van der Waals surface area (Å²) in [6.45, 7) is 9.54. The first kappa shape index (κ1) is 92.1. The maximum absolute atomic E-state index is 13.1. The van der Waals surface area contributed by atoms with Crippen molar-refractivity contribution in [2.75, 3.05) is 39.6 Å². The lowest BCUT2D eigenvalue weighted by atomic mass is 9.99. The first-order chi connectivity index (χ1) is 45.4. The molecule has 0 saturated carbocycles. The van der Waals surface area contributed by atoms with Gasteiger partial charge in [0.05, 0.1) is 26.4 Å². The van der Waals surface area contributed by atoms with Gasteiger partial charge in [0, 0.05) is 25.7 Å². The fraction of sp³-hybridized carbons (Fsp3) is 0.947. The van der Waals surface area contributed by atoms with Crippen molar-refractivity contribution in [2.24, 2.45) is 11.8 Å². The molecule has 94 heavy (non-hydrogen) atoms. The average molecular weight is 1380 g/mol. The SMILES string of the molecule is CCCCCCCCCCCCCCCCCCCCCCCC(=O)O[C@H](COC(=O)CCCCCCCCCCCCC(C)CC)COP(=O)(O)OC[C@@H](O)COP(=O)(O)OC[C@@H](COC(=O)CCCCCCCCC)OC(=O)CCCCCCCCCCCC(C)C. The average Bonchev–Trinajstić information content (AvgIpc) is 1.27. The van der Waals surface area contributed by atoms with E-state index in [0.717, 1.165) is 115 Å². The van der Waals surface area contributed by atoms with Crippen LogP contribution >= 0.6 is 15.6 Å². The van der Waals surface area contributed by atoms with Gasteiger partial charge < -0.3 is 33.8 Å². The Labute approximate surface area is 575 Å². The zero-order chi connectivity index (χ0) is 69.3. The molecule has 0 aromatic rings.